The number of amides is 1. The van der Waals surface area contributed by atoms with Gasteiger partial charge in [0.1, 0.15) is 11.9 Å². The quantitative estimate of drug-likeness (QED) is 0.934. The smallest absolute Gasteiger partial charge is 0.250 e. The van der Waals surface area contributed by atoms with E-state index in [2.05, 4.69) is 16.3 Å². The average Bonchev–Trinajstić information content (AvgIpc) is 3.03. The van der Waals surface area contributed by atoms with Crippen LogP contribution in [0, 0.1) is 5.82 Å². The van der Waals surface area contributed by atoms with Crippen LogP contribution in [-0.2, 0) is 16.1 Å². The summed E-state index contributed by atoms with van der Waals surface area (Å²) in [7, 11) is 1.62. The maximum atomic E-state index is 13.3. The standard InChI is InChI=1S/C17H19FN2O2S/c1-19-17(21)15-11-20(7-8-22-15)10-14-5-6-16(23-14)12-3-2-4-13(18)9-12/h2-6,9,15H,7-8,10-11H2,1H3,(H,19,21). The highest BCUT2D eigenvalue weighted by Gasteiger charge is 2.26. The summed E-state index contributed by atoms with van der Waals surface area (Å²) >= 11 is 1.65. The molecule has 0 saturated carbocycles. The molecule has 1 amide bonds. The number of thiophene rings is 1. The molecule has 1 atom stereocenters. The van der Waals surface area contributed by atoms with Crippen LogP contribution in [0.2, 0.25) is 0 Å². The summed E-state index contributed by atoms with van der Waals surface area (Å²) in [5.74, 6) is -0.305. The van der Waals surface area contributed by atoms with Gasteiger partial charge in [-0.15, -0.1) is 11.3 Å². The molecule has 1 aliphatic heterocycles. The van der Waals surface area contributed by atoms with Gasteiger partial charge in [0.2, 0.25) is 5.91 Å². The fraction of sp³-hybridized carbons (Fsp3) is 0.353. The Hall–Kier alpha value is -1.76. The van der Waals surface area contributed by atoms with E-state index < -0.39 is 6.10 Å². The van der Waals surface area contributed by atoms with Crippen molar-refractivity contribution in [2.45, 2.75) is 12.6 Å². The van der Waals surface area contributed by atoms with Gasteiger partial charge in [-0.3, -0.25) is 9.69 Å². The molecule has 1 aromatic heterocycles. The minimum absolute atomic E-state index is 0.0821. The first-order valence-electron chi connectivity index (χ1n) is 7.56. The van der Waals surface area contributed by atoms with Gasteiger partial charge in [0.25, 0.3) is 0 Å². The zero-order valence-corrected chi connectivity index (χ0v) is 13.7. The molecule has 2 heterocycles. The van der Waals surface area contributed by atoms with E-state index in [1.807, 2.05) is 12.1 Å². The third-order valence-electron chi connectivity index (χ3n) is 3.84. The first-order valence-corrected chi connectivity index (χ1v) is 8.37. The molecular formula is C17H19FN2O2S. The number of likely N-dealkylation sites (N-methyl/N-ethyl adjacent to an activating group) is 1. The third kappa shape index (κ3) is 3.96. The molecule has 0 bridgehead atoms. The number of carbonyl (C=O) groups is 1. The highest BCUT2D eigenvalue weighted by Crippen LogP contribution is 2.29. The number of nitrogens with zero attached hydrogens (tertiary/aromatic N) is 1. The molecule has 1 fully saturated rings. The molecule has 6 heteroatoms. The second kappa shape index (κ2) is 7.21. The molecule has 2 aromatic rings. The summed E-state index contributed by atoms with van der Waals surface area (Å²) in [6, 6.07) is 10.7. The Balaban J connectivity index is 1.66. The van der Waals surface area contributed by atoms with E-state index in [1.165, 1.54) is 10.9 Å². The first-order chi connectivity index (χ1) is 11.2. The maximum absolute atomic E-state index is 13.3. The van der Waals surface area contributed by atoms with Gasteiger partial charge in [-0.05, 0) is 29.8 Å². The Morgan fingerprint density at radius 2 is 2.30 bits per heavy atom. The van der Waals surface area contributed by atoms with Gasteiger partial charge >= 0.3 is 0 Å². The van der Waals surface area contributed by atoms with Gasteiger partial charge in [0, 0.05) is 36.4 Å². The molecule has 0 spiro atoms. The number of halogens is 1. The lowest BCUT2D eigenvalue weighted by atomic mass is 10.2. The number of rotatable bonds is 4. The Morgan fingerprint density at radius 1 is 1.43 bits per heavy atom. The number of morpholine rings is 1. The van der Waals surface area contributed by atoms with Crippen molar-refractivity contribution in [3.8, 4) is 10.4 Å². The summed E-state index contributed by atoms with van der Waals surface area (Å²) in [5.41, 5.74) is 0.895. The zero-order valence-electron chi connectivity index (χ0n) is 12.9. The Morgan fingerprint density at radius 3 is 3.09 bits per heavy atom. The van der Waals surface area contributed by atoms with E-state index in [-0.39, 0.29) is 11.7 Å². The summed E-state index contributed by atoms with van der Waals surface area (Å²) in [6.07, 6.45) is -0.406. The lowest BCUT2D eigenvalue weighted by Gasteiger charge is -2.31. The lowest BCUT2D eigenvalue weighted by Crippen LogP contribution is -2.48. The summed E-state index contributed by atoms with van der Waals surface area (Å²) < 4.78 is 18.8. The van der Waals surface area contributed by atoms with Gasteiger partial charge in [0.05, 0.1) is 6.61 Å². The van der Waals surface area contributed by atoms with Crippen molar-refractivity contribution in [1.29, 1.82) is 0 Å². The van der Waals surface area contributed by atoms with E-state index in [1.54, 1.807) is 30.5 Å². The molecule has 122 valence electrons. The molecule has 1 N–H and O–H groups in total. The van der Waals surface area contributed by atoms with Gasteiger partial charge in [-0.1, -0.05) is 12.1 Å². The van der Waals surface area contributed by atoms with Crippen molar-refractivity contribution >= 4 is 17.2 Å². The first kappa shape index (κ1) is 16.1. The Labute approximate surface area is 138 Å². The van der Waals surface area contributed by atoms with Gasteiger partial charge in [0.15, 0.2) is 0 Å². The highest BCUT2D eigenvalue weighted by molar-refractivity contribution is 7.15. The fourth-order valence-corrected chi connectivity index (χ4v) is 3.69. The van der Waals surface area contributed by atoms with Gasteiger partial charge < -0.3 is 10.1 Å². The van der Waals surface area contributed by atoms with Crippen LogP contribution in [0.25, 0.3) is 10.4 Å². The van der Waals surface area contributed by atoms with Gasteiger partial charge in [-0.25, -0.2) is 4.39 Å². The number of benzene rings is 1. The normalized spacial score (nSPS) is 18.8. The minimum atomic E-state index is -0.406. The van der Waals surface area contributed by atoms with Crippen molar-refractivity contribution < 1.29 is 13.9 Å². The number of hydrogen-bond acceptors (Lipinski definition) is 4. The van der Waals surface area contributed by atoms with Crippen LogP contribution in [-0.4, -0.2) is 43.7 Å². The molecule has 1 aliphatic rings. The molecule has 1 saturated heterocycles. The molecule has 3 rings (SSSR count). The largest absolute Gasteiger partial charge is 0.366 e. The van der Waals surface area contributed by atoms with E-state index in [4.69, 9.17) is 4.74 Å². The zero-order chi connectivity index (χ0) is 16.2. The van der Waals surface area contributed by atoms with Crippen molar-refractivity contribution in [2.24, 2.45) is 0 Å². The van der Waals surface area contributed by atoms with Crippen molar-refractivity contribution in [3.05, 3.63) is 47.1 Å². The Kier molecular flexibility index (Phi) is 5.05. The molecule has 23 heavy (non-hydrogen) atoms. The second-order valence-electron chi connectivity index (χ2n) is 5.49. The van der Waals surface area contributed by atoms with Crippen molar-refractivity contribution in [1.82, 2.24) is 10.2 Å². The van der Waals surface area contributed by atoms with E-state index in [9.17, 15) is 9.18 Å². The molecule has 1 unspecified atom stereocenters. The average molecular weight is 334 g/mol. The van der Waals surface area contributed by atoms with Crippen LogP contribution in [0.4, 0.5) is 4.39 Å². The Bertz CT molecular complexity index is 689. The van der Waals surface area contributed by atoms with Crippen LogP contribution in [0.5, 0.6) is 0 Å². The fourth-order valence-electron chi connectivity index (χ4n) is 2.65. The molecule has 0 radical (unpaired) electrons. The number of hydrogen-bond donors (Lipinski definition) is 1. The summed E-state index contributed by atoms with van der Waals surface area (Å²) in [4.78, 5) is 16.2. The second-order valence-corrected chi connectivity index (χ2v) is 6.65. The maximum Gasteiger partial charge on any atom is 0.250 e. The SMILES string of the molecule is CNC(=O)C1CN(Cc2ccc(-c3cccc(F)c3)s2)CCO1. The van der Waals surface area contributed by atoms with Crippen LogP contribution < -0.4 is 5.32 Å². The van der Waals surface area contributed by atoms with E-state index in [0.29, 0.717) is 13.2 Å². The summed E-state index contributed by atoms with van der Waals surface area (Å²) in [6.45, 7) is 2.73. The summed E-state index contributed by atoms with van der Waals surface area (Å²) in [5, 5.41) is 2.63. The van der Waals surface area contributed by atoms with Crippen LogP contribution >= 0.6 is 11.3 Å². The molecule has 1 aromatic carbocycles. The molecule has 0 aliphatic carbocycles. The van der Waals surface area contributed by atoms with E-state index >= 15 is 0 Å². The number of nitrogens with one attached hydrogen (secondary N) is 1. The third-order valence-corrected chi connectivity index (χ3v) is 4.96. The highest BCUT2D eigenvalue weighted by atomic mass is 32.1. The molecular weight excluding hydrogens is 315 g/mol. The van der Waals surface area contributed by atoms with Crippen LogP contribution in [0.1, 0.15) is 4.88 Å². The predicted octanol–water partition coefficient (Wildman–Crippen LogP) is 2.50. The van der Waals surface area contributed by atoms with Crippen LogP contribution in [0.15, 0.2) is 36.4 Å². The number of ether oxygens (including phenoxy) is 1. The number of carbonyl (C=O) groups excluding carboxylic acids is 1. The minimum Gasteiger partial charge on any atom is -0.366 e. The predicted molar refractivity (Wildman–Crippen MR) is 88.8 cm³/mol. The van der Waals surface area contributed by atoms with Gasteiger partial charge in [-0.2, -0.15) is 0 Å². The topological polar surface area (TPSA) is 41.6 Å². The van der Waals surface area contributed by atoms with E-state index in [0.717, 1.165) is 23.5 Å². The van der Waals surface area contributed by atoms with Crippen LogP contribution in [0.3, 0.4) is 0 Å². The lowest BCUT2D eigenvalue weighted by molar-refractivity contribution is -0.138. The molecule has 4 nitrogen and oxygen atoms in total. The van der Waals surface area contributed by atoms with Crippen molar-refractivity contribution in [3.63, 3.8) is 0 Å². The monoisotopic (exact) mass is 334 g/mol. The van der Waals surface area contributed by atoms with Crippen molar-refractivity contribution in [2.75, 3.05) is 26.7 Å².